The van der Waals surface area contributed by atoms with Crippen LogP contribution in [0.25, 0.3) is 0 Å². The molecule has 0 aliphatic heterocycles. The van der Waals surface area contributed by atoms with E-state index in [1.54, 1.807) is 0 Å². The summed E-state index contributed by atoms with van der Waals surface area (Å²) in [5.41, 5.74) is 0. The molecule has 0 amide bonds. The third kappa shape index (κ3) is 44.7. The van der Waals surface area contributed by atoms with Crippen molar-refractivity contribution in [3.63, 3.8) is 0 Å². The number of carbonyl (C=O) groups is 3. The van der Waals surface area contributed by atoms with Crippen LogP contribution in [0.15, 0.2) is 36.5 Å². The maximum absolute atomic E-state index is 12.7. The third-order valence-corrected chi connectivity index (χ3v) is 10.9. The number of rotatable bonds is 45. The summed E-state index contributed by atoms with van der Waals surface area (Å²) in [6.07, 6.45) is 54.1. The minimum Gasteiger partial charge on any atom is -0.462 e. The van der Waals surface area contributed by atoms with Crippen molar-refractivity contribution in [1.29, 1.82) is 0 Å². The average molecular weight is 815 g/mol. The lowest BCUT2D eigenvalue weighted by Crippen LogP contribution is -2.30. The van der Waals surface area contributed by atoms with E-state index < -0.39 is 6.10 Å². The van der Waals surface area contributed by atoms with Gasteiger partial charge in [0.05, 0.1) is 0 Å². The van der Waals surface area contributed by atoms with Crippen molar-refractivity contribution in [2.45, 2.75) is 264 Å². The maximum Gasteiger partial charge on any atom is 0.306 e. The summed E-state index contributed by atoms with van der Waals surface area (Å²) < 4.78 is 16.7. The lowest BCUT2D eigenvalue weighted by Gasteiger charge is -2.18. The first-order valence-corrected chi connectivity index (χ1v) is 25.0. The number of allylic oxidation sites excluding steroid dienone is 6. The number of ether oxygens (including phenoxy) is 3. The second kappa shape index (κ2) is 47.3. The van der Waals surface area contributed by atoms with E-state index in [0.717, 1.165) is 83.5 Å². The molecule has 0 radical (unpaired) electrons. The van der Waals surface area contributed by atoms with Gasteiger partial charge in [-0.05, 0) is 77.0 Å². The zero-order valence-electron chi connectivity index (χ0n) is 38.6. The molecule has 0 saturated carbocycles. The Morgan fingerprint density at radius 1 is 0.345 bits per heavy atom. The van der Waals surface area contributed by atoms with Gasteiger partial charge < -0.3 is 14.2 Å². The Kier molecular flexibility index (Phi) is 45.4. The summed E-state index contributed by atoms with van der Waals surface area (Å²) in [5.74, 6) is -0.887. The van der Waals surface area contributed by atoms with E-state index in [1.165, 1.54) is 135 Å². The van der Waals surface area contributed by atoms with E-state index in [0.29, 0.717) is 19.3 Å². The van der Waals surface area contributed by atoms with Gasteiger partial charge in [-0.2, -0.15) is 0 Å². The second-order valence-electron chi connectivity index (χ2n) is 16.7. The molecule has 0 rings (SSSR count). The number of unbranched alkanes of at least 4 members (excludes halogenated alkanes) is 28. The predicted molar refractivity (Wildman–Crippen MR) is 247 cm³/mol. The highest BCUT2D eigenvalue weighted by atomic mass is 16.6. The Hall–Kier alpha value is -2.37. The summed E-state index contributed by atoms with van der Waals surface area (Å²) in [7, 11) is 0. The molecule has 1 atom stereocenters. The van der Waals surface area contributed by atoms with Crippen LogP contribution in [0.4, 0.5) is 0 Å². The zero-order valence-corrected chi connectivity index (χ0v) is 38.6. The smallest absolute Gasteiger partial charge is 0.306 e. The minimum absolute atomic E-state index is 0.0756. The molecule has 0 N–H and O–H groups in total. The van der Waals surface area contributed by atoms with E-state index in [2.05, 4.69) is 57.2 Å². The molecule has 58 heavy (non-hydrogen) atoms. The van der Waals surface area contributed by atoms with E-state index in [1.807, 2.05) is 0 Å². The lowest BCUT2D eigenvalue weighted by molar-refractivity contribution is -0.167. The van der Waals surface area contributed by atoms with Crippen molar-refractivity contribution in [1.82, 2.24) is 0 Å². The first-order valence-electron chi connectivity index (χ1n) is 25.0. The standard InChI is InChI=1S/C52H94O6/c1-4-7-10-13-16-19-22-24-25-26-27-28-31-33-36-39-42-45-51(54)57-48-49(47-56-50(53)44-41-38-35-32-29-21-18-15-12-9-6-3)58-52(55)46-43-40-37-34-30-23-20-17-14-11-8-5-2/h16-17,19-20,24-25,49H,4-15,18,21-23,26-48H2,1-3H3/b19-16-,20-17-,25-24-/t49-/m1/s1. The fraction of sp³-hybridized carbons (Fsp3) is 0.827. The van der Waals surface area contributed by atoms with Crippen molar-refractivity contribution in [3.05, 3.63) is 36.5 Å². The van der Waals surface area contributed by atoms with Crippen molar-refractivity contribution in [2.75, 3.05) is 13.2 Å². The van der Waals surface area contributed by atoms with Gasteiger partial charge in [0.15, 0.2) is 6.10 Å². The van der Waals surface area contributed by atoms with Crippen LogP contribution in [0.3, 0.4) is 0 Å². The van der Waals surface area contributed by atoms with E-state index in [9.17, 15) is 14.4 Å². The van der Waals surface area contributed by atoms with Crippen LogP contribution in [-0.4, -0.2) is 37.2 Å². The highest BCUT2D eigenvalue weighted by Gasteiger charge is 2.19. The molecule has 0 spiro atoms. The van der Waals surface area contributed by atoms with Gasteiger partial charge in [0.25, 0.3) is 0 Å². The Morgan fingerprint density at radius 2 is 0.621 bits per heavy atom. The fourth-order valence-corrected chi connectivity index (χ4v) is 7.05. The van der Waals surface area contributed by atoms with Gasteiger partial charge in [-0.3, -0.25) is 14.4 Å². The van der Waals surface area contributed by atoms with E-state index in [4.69, 9.17) is 14.2 Å². The summed E-state index contributed by atoms with van der Waals surface area (Å²) in [6.45, 7) is 6.58. The number of hydrogen-bond acceptors (Lipinski definition) is 6. The van der Waals surface area contributed by atoms with Crippen LogP contribution in [0.1, 0.15) is 258 Å². The molecule has 0 aliphatic rings. The molecular weight excluding hydrogens is 721 g/mol. The van der Waals surface area contributed by atoms with Crippen LogP contribution in [0.5, 0.6) is 0 Å². The highest BCUT2D eigenvalue weighted by Crippen LogP contribution is 2.15. The van der Waals surface area contributed by atoms with Gasteiger partial charge in [0, 0.05) is 19.3 Å². The summed E-state index contributed by atoms with van der Waals surface area (Å²) in [6, 6.07) is 0. The Bertz CT molecular complexity index is 984. The second-order valence-corrected chi connectivity index (χ2v) is 16.7. The van der Waals surface area contributed by atoms with Crippen LogP contribution in [0, 0.1) is 0 Å². The van der Waals surface area contributed by atoms with Gasteiger partial charge in [0.2, 0.25) is 0 Å². The van der Waals surface area contributed by atoms with Crippen LogP contribution >= 0.6 is 0 Å². The molecule has 6 nitrogen and oxygen atoms in total. The van der Waals surface area contributed by atoms with Crippen LogP contribution in [0.2, 0.25) is 0 Å². The fourth-order valence-electron chi connectivity index (χ4n) is 7.05. The highest BCUT2D eigenvalue weighted by molar-refractivity contribution is 5.71. The molecule has 0 unspecified atom stereocenters. The minimum atomic E-state index is -0.774. The van der Waals surface area contributed by atoms with Crippen molar-refractivity contribution < 1.29 is 28.6 Å². The van der Waals surface area contributed by atoms with Gasteiger partial charge in [-0.25, -0.2) is 0 Å². The van der Waals surface area contributed by atoms with E-state index >= 15 is 0 Å². The molecule has 0 saturated heterocycles. The van der Waals surface area contributed by atoms with Crippen LogP contribution in [-0.2, 0) is 28.6 Å². The Labute approximate surface area is 359 Å². The first-order chi connectivity index (χ1) is 28.5. The normalized spacial score (nSPS) is 12.3. The topological polar surface area (TPSA) is 78.9 Å². The van der Waals surface area contributed by atoms with Gasteiger partial charge >= 0.3 is 17.9 Å². The Balaban J connectivity index is 4.35. The zero-order chi connectivity index (χ0) is 42.3. The molecule has 338 valence electrons. The Morgan fingerprint density at radius 3 is 1.00 bits per heavy atom. The molecule has 0 aromatic carbocycles. The summed E-state index contributed by atoms with van der Waals surface area (Å²) in [4.78, 5) is 37.8. The largest absolute Gasteiger partial charge is 0.462 e. The molecule has 6 heteroatoms. The number of hydrogen-bond donors (Lipinski definition) is 0. The molecule has 0 heterocycles. The number of esters is 3. The van der Waals surface area contributed by atoms with Gasteiger partial charge in [-0.15, -0.1) is 0 Å². The maximum atomic E-state index is 12.7. The van der Waals surface area contributed by atoms with Crippen molar-refractivity contribution in [3.8, 4) is 0 Å². The molecular formula is C52H94O6. The average Bonchev–Trinajstić information content (AvgIpc) is 3.22. The molecule has 0 aliphatic carbocycles. The van der Waals surface area contributed by atoms with Gasteiger partial charge in [0.1, 0.15) is 13.2 Å². The first kappa shape index (κ1) is 55.6. The van der Waals surface area contributed by atoms with Crippen molar-refractivity contribution in [2.24, 2.45) is 0 Å². The molecule has 0 fully saturated rings. The summed E-state index contributed by atoms with van der Waals surface area (Å²) in [5, 5.41) is 0. The van der Waals surface area contributed by atoms with E-state index in [-0.39, 0.29) is 31.1 Å². The quantitative estimate of drug-likeness (QED) is 0.0264. The monoisotopic (exact) mass is 815 g/mol. The third-order valence-electron chi connectivity index (χ3n) is 10.9. The number of carbonyl (C=O) groups excluding carboxylic acids is 3. The predicted octanol–water partition coefficient (Wildman–Crippen LogP) is 16.1. The van der Waals surface area contributed by atoms with Crippen LogP contribution < -0.4 is 0 Å². The lowest BCUT2D eigenvalue weighted by atomic mass is 10.1. The molecule has 0 aromatic heterocycles. The molecule has 0 aromatic rings. The summed E-state index contributed by atoms with van der Waals surface area (Å²) >= 11 is 0. The van der Waals surface area contributed by atoms with Crippen molar-refractivity contribution >= 4 is 17.9 Å². The van der Waals surface area contributed by atoms with Gasteiger partial charge in [-0.1, -0.05) is 198 Å². The SMILES string of the molecule is CCCCC/C=C\C/C=C\CCCCCCCCCC(=O)OC[C@@H](COC(=O)CCCCCCCCCCCCC)OC(=O)CCCCCCC/C=C\CCCCC. The molecule has 0 bridgehead atoms.